The Bertz CT molecular complexity index is 931. The Morgan fingerprint density at radius 3 is 1.29 bits per heavy atom. The smallest absolute Gasteiger partial charge is 0.306 e. The summed E-state index contributed by atoms with van der Waals surface area (Å²) in [6, 6.07) is -0.722. The normalized spacial score (nSPS) is 12.9. The van der Waals surface area contributed by atoms with E-state index in [2.05, 4.69) is 26.0 Å². The molecule has 2 atom stereocenters. The van der Waals surface area contributed by atoms with Gasteiger partial charge < -0.3 is 28.6 Å². The van der Waals surface area contributed by atoms with E-state index in [1.165, 1.54) is 154 Å². The minimum Gasteiger partial charge on any atom is -0.544 e. The first-order chi connectivity index (χ1) is 27.1. The molecule has 0 fully saturated rings. The lowest BCUT2D eigenvalue weighted by Crippen LogP contribution is -2.55. The van der Waals surface area contributed by atoms with Crippen molar-refractivity contribution < 1.29 is 38.2 Å². The number of unbranched alkanes of at least 4 members (excludes halogenated alkanes) is 27. The molecule has 0 N–H and O–H groups in total. The van der Waals surface area contributed by atoms with Crippen LogP contribution in [0, 0.1) is 0 Å². The third-order valence-electron chi connectivity index (χ3n) is 10.9. The second kappa shape index (κ2) is 39.9. The molecule has 330 valence electrons. The first kappa shape index (κ1) is 54.1. The molecule has 0 amide bonds. The maximum absolute atomic E-state index is 12.7. The average Bonchev–Trinajstić information content (AvgIpc) is 3.15. The second-order valence-corrected chi connectivity index (χ2v) is 17.4. The van der Waals surface area contributed by atoms with Crippen molar-refractivity contribution in [3.8, 4) is 0 Å². The number of ether oxygens (including phenoxy) is 3. The highest BCUT2D eigenvalue weighted by Crippen LogP contribution is 2.15. The Balaban J connectivity index is 4.19. The summed E-state index contributed by atoms with van der Waals surface area (Å²) < 4.78 is 17.2. The summed E-state index contributed by atoms with van der Waals surface area (Å²) >= 11 is 0. The number of rotatable bonds is 43. The van der Waals surface area contributed by atoms with Crippen molar-refractivity contribution in [3.63, 3.8) is 0 Å². The van der Waals surface area contributed by atoms with Crippen LogP contribution < -0.4 is 5.11 Å². The van der Waals surface area contributed by atoms with Crippen LogP contribution in [0.3, 0.4) is 0 Å². The van der Waals surface area contributed by atoms with E-state index in [0.29, 0.717) is 12.8 Å². The molecule has 0 aliphatic heterocycles. The van der Waals surface area contributed by atoms with Crippen molar-refractivity contribution in [2.45, 2.75) is 238 Å². The van der Waals surface area contributed by atoms with Crippen LogP contribution >= 0.6 is 0 Å². The van der Waals surface area contributed by atoms with Gasteiger partial charge in [-0.05, 0) is 38.5 Å². The van der Waals surface area contributed by atoms with E-state index in [1.807, 2.05) is 0 Å². The first-order valence-electron chi connectivity index (χ1n) is 23.7. The highest BCUT2D eigenvalue weighted by atomic mass is 16.6. The zero-order valence-electron chi connectivity index (χ0n) is 37.6. The minimum atomic E-state index is -1.12. The number of likely N-dealkylation sites (N-methyl/N-ethyl adjacent to an activating group) is 1. The number of nitrogens with zero attached hydrogens (tertiary/aromatic N) is 1. The number of hydrogen-bond donors (Lipinski definition) is 0. The topological polar surface area (TPSA) is 102 Å². The molecule has 0 aromatic heterocycles. The summed E-state index contributed by atoms with van der Waals surface area (Å²) in [7, 11) is 5.41. The fourth-order valence-electron chi connectivity index (χ4n) is 7.18. The predicted molar refractivity (Wildman–Crippen MR) is 231 cm³/mol. The zero-order chi connectivity index (χ0) is 41.4. The maximum Gasteiger partial charge on any atom is 0.306 e. The number of hydrogen-bond acceptors (Lipinski definition) is 7. The Labute approximate surface area is 346 Å². The predicted octanol–water partition coefficient (Wildman–Crippen LogP) is 11.8. The number of carboxylic acid groups (broad SMARTS) is 1. The molecule has 56 heavy (non-hydrogen) atoms. The standard InChI is InChI=1S/C48H91NO7/c1-6-8-10-12-14-16-18-19-20-21-22-23-24-25-26-27-28-29-31-33-35-37-39-47(51)56-44(42-54-41-40-45(48(52)53)49(3,4)5)43-55-46(50)38-36-34-32-30-17-15-13-11-9-7-2/h24-25,44-45H,6-23,26-43H2,1-5H3/b25-24+. The molecular formula is C48H91NO7. The third kappa shape index (κ3) is 37.6. The van der Waals surface area contributed by atoms with E-state index in [-0.39, 0.29) is 42.7 Å². The van der Waals surface area contributed by atoms with Crippen molar-refractivity contribution in [1.29, 1.82) is 0 Å². The highest BCUT2D eigenvalue weighted by Gasteiger charge is 2.25. The molecule has 0 spiro atoms. The molecule has 0 aliphatic rings. The van der Waals surface area contributed by atoms with Crippen LogP contribution in [0.25, 0.3) is 0 Å². The Kier molecular flexibility index (Phi) is 38.5. The monoisotopic (exact) mass is 794 g/mol. The van der Waals surface area contributed by atoms with Gasteiger partial charge in [0.2, 0.25) is 0 Å². The molecule has 0 bridgehead atoms. The molecule has 0 heterocycles. The van der Waals surface area contributed by atoms with Crippen LogP contribution in [0.2, 0.25) is 0 Å². The van der Waals surface area contributed by atoms with Gasteiger partial charge in [0.25, 0.3) is 0 Å². The van der Waals surface area contributed by atoms with Gasteiger partial charge in [0, 0.05) is 19.3 Å². The molecular weight excluding hydrogens is 703 g/mol. The molecule has 8 heteroatoms. The Morgan fingerprint density at radius 2 is 0.893 bits per heavy atom. The molecule has 0 aromatic rings. The summed E-state index contributed by atoms with van der Waals surface area (Å²) in [4.78, 5) is 36.8. The number of carbonyl (C=O) groups excluding carboxylic acids is 3. The number of allylic oxidation sites excluding steroid dienone is 2. The second-order valence-electron chi connectivity index (χ2n) is 17.4. The number of aliphatic carboxylic acids is 1. The van der Waals surface area contributed by atoms with Gasteiger partial charge in [0.05, 0.1) is 40.3 Å². The van der Waals surface area contributed by atoms with Crippen LogP contribution in [0.1, 0.15) is 226 Å². The van der Waals surface area contributed by atoms with Crippen LogP contribution in [0.4, 0.5) is 0 Å². The SMILES string of the molecule is CCCCCCCCCCCCC/C=C/CCCCCCCCCC(=O)OC(COCCC(C(=O)[O-])[N+](C)(C)C)COC(=O)CCCCCCCCCCCC. The van der Waals surface area contributed by atoms with Crippen molar-refractivity contribution in [1.82, 2.24) is 0 Å². The lowest BCUT2D eigenvalue weighted by Gasteiger charge is -2.34. The number of carbonyl (C=O) groups is 3. The molecule has 0 radical (unpaired) electrons. The lowest BCUT2D eigenvalue weighted by molar-refractivity contribution is -0.889. The molecule has 0 rings (SSSR count). The van der Waals surface area contributed by atoms with Gasteiger partial charge in [-0.2, -0.15) is 0 Å². The van der Waals surface area contributed by atoms with Gasteiger partial charge in [-0.15, -0.1) is 0 Å². The maximum atomic E-state index is 12.7. The molecule has 0 saturated carbocycles. The van der Waals surface area contributed by atoms with E-state index in [4.69, 9.17) is 14.2 Å². The Morgan fingerprint density at radius 1 is 0.518 bits per heavy atom. The Hall–Kier alpha value is -1.93. The molecule has 0 aliphatic carbocycles. The summed E-state index contributed by atoms with van der Waals surface area (Å²) in [5.41, 5.74) is 0. The van der Waals surface area contributed by atoms with E-state index in [1.54, 1.807) is 21.1 Å². The molecule has 0 saturated heterocycles. The molecule has 8 nitrogen and oxygen atoms in total. The largest absolute Gasteiger partial charge is 0.544 e. The van der Waals surface area contributed by atoms with E-state index in [0.717, 1.165) is 38.5 Å². The van der Waals surface area contributed by atoms with E-state index < -0.39 is 18.1 Å². The molecule has 0 aromatic carbocycles. The number of quaternary nitrogens is 1. The van der Waals surface area contributed by atoms with Gasteiger partial charge in [-0.1, -0.05) is 180 Å². The minimum absolute atomic E-state index is 0.0444. The quantitative estimate of drug-likeness (QED) is 0.0262. The van der Waals surface area contributed by atoms with Crippen molar-refractivity contribution in [3.05, 3.63) is 12.2 Å². The lowest BCUT2D eigenvalue weighted by atomic mass is 10.0. The fraction of sp³-hybridized carbons (Fsp3) is 0.896. The number of carboxylic acids is 1. The van der Waals surface area contributed by atoms with Gasteiger partial charge in [-0.3, -0.25) is 9.59 Å². The van der Waals surface area contributed by atoms with Crippen molar-refractivity contribution in [2.75, 3.05) is 41.0 Å². The number of esters is 2. The zero-order valence-corrected chi connectivity index (χ0v) is 37.6. The van der Waals surface area contributed by atoms with Crippen LogP contribution in [0.15, 0.2) is 12.2 Å². The molecule has 2 unspecified atom stereocenters. The fourth-order valence-corrected chi connectivity index (χ4v) is 7.18. The van der Waals surface area contributed by atoms with Crippen molar-refractivity contribution in [2.24, 2.45) is 0 Å². The summed E-state index contributed by atoms with van der Waals surface area (Å²) in [5, 5.41) is 11.6. The van der Waals surface area contributed by atoms with E-state index >= 15 is 0 Å². The highest BCUT2D eigenvalue weighted by molar-refractivity contribution is 5.70. The third-order valence-corrected chi connectivity index (χ3v) is 10.9. The summed E-state index contributed by atoms with van der Waals surface area (Å²) in [6.45, 7) is 4.67. The van der Waals surface area contributed by atoms with Gasteiger partial charge in [0.1, 0.15) is 12.6 Å². The summed E-state index contributed by atoms with van der Waals surface area (Å²) in [6.07, 6.45) is 42.4. The van der Waals surface area contributed by atoms with Gasteiger partial charge in [0.15, 0.2) is 6.10 Å². The van der Waals surface area contributed by atoms with Crippen LogP contribution in [-0.2, 0) is 28.6 Å². The van der Waals surface area contributed by atoms with Crippen LogP contribution in [0.5, 0.6) is 0 Å². The summed E-state index contributed by atoms with van der Waals surface area (Å²) in [5.74, 6) is -1.73. The van der Waals surface area contributed by atoms with Crippen molar-refractivity contribution >= 4 is 17.9 Å². The van der Waals surface area contributed by atoms with Gasteiger partial charge in [-0.25, -0.2) is 0 Å². The first-order valence-corrected chi connectivity index (χ1v) is 23.7. The van der Waals surface area contributed by atoms with Gasteiger partial charge >= 0.3 is 11.9 Å². The average molecular weight is 794 g/mol. The van der Waals surface area contributed by atoms with E-state index in [9.17, 15) is 19.5 Å². The van der Waals surface area contributed by atoms with Crippen LogP contribution in [-0.4, -0.2) is 75.5 Å².